The molecule has 2 N–H and O–H groups in total. The Morgan fingerprint density at radius 3 is 2.36 bits per heavy atom. The molecule has 0 aliphatic carbocycles. The molecule has 0 unspecified atom stereocenters. The molecule has 2 heterocycles. The summed E-state index contributed by atoms with van der Waals surface area (Å²) in [6.07, 6.45) is 1.36. The molecule has 0 fully saturated rings. The summed E-state index contributed by atoms with van der Waals surface area (Å²) in [5.74, 6) is -0.211. The van der Waals surface area contributed by atoms with Crippen LogP contribution in [0.3, 0.4) is 0 Å². The summed E-state index contributed by atoms with van der Waals surface area (Å²) >= 11 is 0. The SMILES string of the molecule is Cc1cc2nc3occ(C(=O)Nc4ccc(O)cc4)c3nc2cc1C. The molecule has 6 heteroatoms. The van der Waals surface area contributed by atoms with Crippen LogP contribution in [0, 0.1) is 13.8 Å². The van der Waals surface area contributed by atoms with E-state index in [1.165, 1.54) is 18.4 Å². The lowest BCUT2D eigenvalue weighted by Gasteiger charge is -2.05. The number of nitrogens with zero attached hydrogens (tertiary/aromatic N) is 2. The zero-order valence-corrected chi connectivity index (χ0v) is 13.7. The second-order valence-corrected chi connectivity index (χ2v) is 5.95. The average Bonchev–Trinajstić information content (AvgIpc) is 2.99. The Labute approximate surface area is 143 Å². The lowest BCUT2D eigenvalue weighted by atomic mass is 10.1. The molecule has 0 spiro atoms. The van der Waals surface area contributed by atoms with Gasteiger partial charge in [-0.05, 0) is 61.4 Å². The van der Waals surface area contributed by atoms with Crippen molar-refractivity contribution < 1.29 is 14.3 Å². The Morgan fingerprint density at radius 1 is 1.04 bits per heavy atom. The number of hydrogen-bond donors (Lipinski definition) is 2. The van der Waals surface area contributed by atoms with Crippen LogP contribution in [-0.4, -0.2) is 21.0 Å². The molecule has 0 radical (unpaired) electrons. The van der Waals surface area contributed by atoms with Gasteiger partial charge in [0.2, 0.25) is 5.71 Å². The highest BCUT2D eigenvalue weighted by Crippen LogP contribution is 2.24. The highest BCUT2D eigenvalue weighted by Gasteiger charge is 2.17. The number of carbonyl (C=O) groups excluding carboxylic acids is 1. The Hall–Kier alpha value is -3.41. The number of furan rings is 1. The van der Waals surface area contributed by atoms with Gasteiger partial charge in [-0.3, -0.25) is 4.79 Å². The van der Waals surface area contributed by atoms with E-state index in [2.05, 4.69) is 15.3 Å². The van der Waals surface area contributed by atoms with Crippen molar-refractivity contribution in [2.75, 3.05) is 5.32 Å². The predicted molar refractivity (Wildman–Crippen MR) is 94.8 cm³/mol. The van der Waals surface area contributed by atoms with Gasteiger partial charge >= 0.3 is 0 Å². The number of nitrogens with one attached hydrogen (secondary N) is 1. The van der Waals surface area contributed by atoms with Gasteiger partial charge in [-0.15, -0.1) is 0 Å². The molecule has 0 atom stereocenters. The Bertz CT molecular complexity index is 1110. The average molecular weight is 333 g/mol. The van der Waals surface area contributed by atoms with Crippen molar-refractivity contribution in [3.63, 3.8) is 0 Å². The van der Waals surface area contributed by atoms with Gasteiger partial charge < -0.3 is 14.8 Å². The molecule has 0 aliphatic heterocycles. The van der Waals surface area contributed by atoms with Gasteiger partial charge in [0.1, 0.15) is 23.1 Å². The number of aryl methyl sites for hydroxylation is 2. The molecule has 2 aromatic heterocycles. The molecule has 2 aromatic carbocycles. The minimum atomic E-state index is -0.345. The second-order valence-electron chi connectivity index (χ2n) is 5.95. The van der Waals surface area contributed by atoms with Gasteiger partial charge in [0, 0.05) is 5.69 Å². The molecular weight excluding hydrogens is 318 g/mol. The van der Waals surface area contributed by atoms with Crippen molar-refractivity contribution in [1.29, 1.82) is 0 Å². The minimum Gasteiger partial charge on any atom is -0.508 e. The summed E-state index contributed by atoms with van der Waals surface area (Å²) in [7, 11) is 0. The third-order valence-corrected chi connectivity index (χ3v) is 4.16. The first kappa shape index (κ1) is 15.1. The number of fused-ring (bicyclic) bond motifs is 2. The number of amides is 1. The maximum Gasteiger partial charge on any atom is 0.261 e. The van der Waals surface area contributed by atoms with E-state index >= 15 is 0 Å². The summed E-state index contributed by atoms with van der Waals surface area (Å²) in [5.41, 5.74) is 5.32. The largest absolute Gasteiger partial charge is 0.508 e. The first-order valence-corrected chi connectivity index (χ1v) is 7.78. The Kier molecular flexibility index (Phi) is 3.39. The number of phenols is 1. The van der Waals surface area contributed by atoms with Gasteiger partial charge in [0.15, 0.2) is 0 Å². The molecule has 124 valence electrons. The highest BCUT2D eigenvalue weighted by atomic mass is 16.3. The standard InChI is InChI=1S/C19H15N3O3/c1-10-7-15-16(8-11(10)2)22-19-17(21-15)14(9-25-19)18(24)20-12-3-5-13(23)6-4-12/h3-9,23H,1-2H3,(H,20,24). The molecule has 4 aromatic rings. The number of aromatic nitrogens is 2. The Morgan fingerprint density at radius 2 is 1.68 bits per heavy atom. The fraction of sp³-hybridized carbons (Fsp3) is 0.105. The van der Waals surface area contributed by atoms with E-state index < -0.39 is 0 Å². The van der Waals surface area contributed by atoms with Crippen molar-refractivity contribution in [2.24, 2.45) is 0 Å². The van der Waals surface area contributed by atoms with Gasteiger partial charge in [-0.25, -0.2) is 9.97 Å². The van der Waals surface area contributed by atoms with Crippen LogP contribution >= 0.6 is 0 Å². The van der Waals surface area contributed by atoms with E-state index in [0.717, 1.165) is 22.2 Å². The number of phenolic OH excluding ortho intramolecular Hbond substituents is 1. The second kappa shape index (κ2) is 5.59. The Balaban J connectivity index is 1.76. The fourth-order valence-electron chi connectivity index (χ4n) is 2.63. The maximum atomic E-state index is 12.5. The molecule has 0 saturated carbocycles. The molecule has 0 bridgehead atoms. The minimum absolute atomic E-state index is 0.134. The van der Waals surface area contributed by atoms with Gasteiger partial charge in [0.25, 0.3) is 5.91 Å². The van der Waals surface area contributed by atoms with Gasteiger partial charge in [-0.2, -0.15) is 0 Å². The van der Waals surface area contributed by atoms with Crippen LogP contribution in [0.5, 0.6) is 5.75 Å². The van der Waals surface area contributed by atoms with Crippen LogP contribution < -0.4 is 5.32 Å². The number of carbonyl (C=O) groups is 1. The third kappa shape index (κ3) is 2.67. The molecule has 6 nitrogen and oxygen atoms in total. The van der Waals surface area contributed by atoms with E-state index in [1.54, 1.807) is 12.1 Å². The van der Waals surface area contributed by atoms with Crippen molar-refractivity contribution in [2.45, 2.75) is 13.8 Å². The van der Waals surface area contributed by atoms with Crippen molar-refractivity contribution in [3.8, 4) is 5.75 Å². The number of aromatic hydroxyl groups is 1. The number of anilines is 1. The number of benzene rings is 2. The quantitative estimate of drug-likeness (QED) is 0.542. The van der Waals surface area contributed by atoms with Gasteiger partial charge in [0.05, 0.1) is 11.0 Å². The smallest absolute Gasteiger partial charge is 0.261 e. The topological polar surface area (TPSA) is 88.2 Å². The van der Waals surface area contributed by atoms with E-state index in [-0.39, 0.29) is 11.7 Å². The van der Waals surface area contributed by atoms with Crippen LogP contribution in [0.25, 0.3) is 22.3 Å². The fourth-order valence-corrected chi connectivity index (χ4v) is 2.63. The van der Waals surface area contributed by atoms with Crippen molar-refractivity contribution in [1.82, 2.24) is 9.97 Å². The molecular formula is C19H15N3O3. The number of rotatable bonds is 2. The lowest BCUT2D eigenvalue weighted by Crippen LogP contribution is -2.11. The highest BCUT2D eigenvalue weighted by molar-refractivity contribution is 6.11. The van der Waals surface area contributed by atoms with Gasteiger partial charge in [-0.1, -0.05) is 0 Å². The van der Waals surface area contributed by atoms with Crippen LogP contribution in [0.4, 0.5) is 5.69 Å². The summed E-state index contributed by atoms with van der Waals surface area (Å²) in [6.45, 7) is 4.02. The van der Waals surface area contributed by atoms with E-state index in [0.29, 0.717) is 22.5 Å². The number of hydrogen-bond acceptors (Lipinski definition) is 5. The van der Waals surface area contributed by atoms with E-state index in [1.807, 2.05) is 26.0 Å². The lowest BCUT2D eigenvalue weighted by molar-refractivity contribution is 0.102. The first-order valence-electron chi connectivity index (χ1n) is 7.78. The normalized spacial score (nSPS) is 11.1. The van der Waals surface area contributed by atoms with Crippen LogP contribution in [0.1, 0.15) is 21.5 Å². The van der Waals surface area contributed by atoms with Crippen molar-refractivity contribution >= 4 is 33.9 Å². The van der Waals surface area contributed by atoms with Crippen LogP contribution in [0.2, 0.25) is 0 Å². The summed E-state index contributed by atoms with van der Waals surface area (Å²) in [6, 6.07) is 10.1. The third-order valence-electron chi connectivity index (χ3n) is 4.16. The molecule has 25 heavy (non-hydrogen) atoms. The van der Waals surface area contributed by atoms with Crippen molar-refractivity contribution in [3.05, 3.63) is 59.4 Å². The molecule has 1 amide bonds. The predicted octanol–water partition coefficient (Wildman–Crippen LogP) is 3.95. The molecule has 0 saturated heterocycles. The summed E-state index contributed by atoms with van der Waals surface area (Å²) < 4.78 is 5.43. The molecule has 0 aliphatic rings. The monoisotopic (exact) mass is 333 g/mol. The summed E-state index contributed by atoms with van der Waals surface area (Å²) in [5, 5.41) is 12.1. The van der Waals surface area contributed by atoms with Crippen LogP contribution in [-0.2, 0) is 0 Å². The zero-order valence-electron chi connectivity index (χ0n) is 13.7. The van der Waals surface area contributed by atoms with Crippen LogP contribution in [0.15, 0.2) is 47.1 Å². The van der Waals surface area contributed by atoms with E-state index in [9.17, 15) is 9.90 Å². The summed E-state index contributed by atoms with van der Waals surface area (Å²) in [4.78, 5) is 21.5. The first-order chi connectivity index (χ1) is 12.0. The maximum absolute atomic E-state index is 12.5. The van der Waals surface area contributed by atoms with E-state index in [4.69, 9.17) is 4.42 Å². The molecule has 4 rings (SSSR count). The zero-order chi connectivity index (χ0) is 17.6.